The van der Waals surface area contributed by atoms with Crippen molar-refractivity contribution in [1.82, 2.24) is 0 Å². The maximum Gasteiger partial charge on any atom is 0.175 e. The smallest absolute Gasteiger partial charge is 0.175 e. The Morgan fingerprint density at radius 2 is 1.50 bits per heavy atom. The molecule has 0 saturated carbocycles. The van der Waals surface area contributed by atoms with Crippen LogP contribution in [0, 0.1) is 0 Å². The minimum atomic E-state index is -1.62. The van der Waals surface area contributed by atoms with Gasteiger partial charge in [-0.2, -0.15) is 0 Å². The maximum atomic E-state index is 9.14. The summed E-state index contributed by atoms with van der Waals surface area (Å²) in [5.74, 6) is 0. The monoisotopic (exact) mass is 336 g/mol. The second kappa shape index (κ2) is 7.19. The van der Waals surface area contributed by atoms with Crippen LogP contribution in [0.1, 0.15) is 27.2 Å². The summed E-state index contributed by atoms with van der Waals surface area (Å²) in [5, 5.41) is 16.7. The first kappa shape index (κ1) is 20.5. The van der Waals surface area contributed by atoms with Gasteiger partial charge >= 0.3 is 0 Å². The van der Waals surface area contributed by atoms with E-state index in [1.165, 1.54) is 6.04 Å². The largest absolute Gasteiger partial charge is 0.415 e. The lowest BCUT2D eigenvalue weighted by molar-refractivity contribution is 0.119. The van der Waals surface area contributed by atoms with E-state index >= 15 is 0 Å². The fourth-order valence-corrected chi connectivity index (χ4v) is 37.0. The zero-order valence-electron chi connectivity index (χ0n) is 14.8. The zero-order chi connectivity index (χ0) is 16.2. The lowest BCUT2D eigenvalue weighted by Gasteiger charge is -2.59. The Kier molecular flexibility index (Phi) is 7.39. The first-order valence-corrected chi connectivity index (χ1v) is 18.6. The standard InChI is InChI=1S/C12H30O2Si3.C2H6O/c1-12(2)11-15(3,4)16(5,6)17(7,14-12)10-8-9-13;1-2-3/h13H,8-11H2,1-7H3;3H,2H2,1H3. The van der Waals surface area contributed by atoms with Crippen molar-refractivity contribution in [3.8, 4) is 0 Å². The highest BCUT2D eigenvalue weighted by molar-refractivity contribution is 7.67. The Bertz CT molecular complexity index is 306. The van der Waals surface area contributed by atoms with Gasteiger partial charge in [-0.25, -0.2) is 0 Å². The minimum absolute atomic E-state index is 0.0780. The van der Waals surface area contributed by atoms with Crippen molar-refractivity contribution >= 4 is 22.5 Å². The van der Waals surface area contributed by atoms with Crippen LogP contribution in [-0.2, 0) is 4.43 Å². The Morgan fingerprint density at radius 3 is 1.90 bits per heavy atom. The molecule has 1 atom stereocenters. The highest BCUT2D eigenvalue weighted by Gasteiger charge is 2.61. The van der Waals surface area contributed by atoms with E-state index in [1.807, 2.05) is 0 Å². The van der Waals surface area contributed by atoms with Crippen LogP contribution in [0.25, 0.3) is 0 Å². The van der Waals surface area contributed by atoms with E-state index in [1.54, 1.807) is 6.92 Å². The molecule has 0 aromatic rings. The fraction of sp³-hybridized carbons (Fsp3) is 1.00. The molecular formula is C14H36O3Si3. The molecule has 0 radical (unpaired) electrons. The molecule has 0 aromatic heterocycles. The molecule has 1 fully saturated rings. The van der Waals surface area contributed by atoms with Crippen molar-refractivity contribution < 1.29 is 14.6 Å². The Hall–Kier alpha value is 0.531. The predicted octanol–water partition coefficient (Wildman–Crippen LogP) is 3.33. The summed E-state index contributed by atoms with van der Waals surface area (Å²) in [5.41, 5.74) is 0.0780. The van der Waals surface area contributed by atoms with Crippen molar-refractivity contribution in [2.24, 2.45) is 0 Å². The summed E-state index contributed by atoms with van der Waals surface area (Å²) in [6.07, 6.45) is 0.930. The van der Waals surface area contributed by atoms with E-state index in [0.29, 0.717) is 6.61 Å². The molecule has 0 bridgehead atoms. The molecule has 1 heterocycles. The SMILES string of the molecule is CC1(C)C[Si](C)(C)[Si](C)(C)[Si](C)(CCCO)O1.CCO. The van der Waals surface area contributed by atoms with E-state index in [9.17, 15) is 0 Å². The van der Waals surface area contributed by atoms with E-state index < -0.39 is 22.5 Å². The van der Waals surface area contributed by atoms with E-state index in [-0.39, 0.29) is 12.2 Å². The summed E-state index contributed by atoms with van der Waals surface area (Å²) >= 11 is 0. The number of hydrogen-bond donors (Lipinski definition) is 2. The van der Waals surface area contributed by atoms with Gasteiger partial charge in [0.05, 0.1) is 7.11 Å². The highest BCUT2D eigenvalue weighted by atomic mass is 29.6. The first-order chi connectivity index (χ1) is 8.89. The molecule has 0 aliphatic carbocycles. The van der Waals surface area contributed by atoms with Gasteiger partial charge < -0.3 is 14.6 Å². The summed E-state index contributed by atoms with van der Waals surface area (Å²) in [6.45, 7) is 19.5. The number of rotatable bonds is 3. The predicted molar refractivity (Wildman–Crippen MR) is 95.8 cm³/mol. The zero-order valence-corrected chi connectivity index (χ0v) is 17.8. The van der Waals surface area contributed by atoms with Crippen LogP contribution in [0.15, 0.2) is 0 Å². The molecule has 1 unspecified atom stereocenters. The van der Waals surface area contributed by atoms with Gasteiger partial charge in [0.25, 0.3) is 0 Å². The molecule has 3 nitrogen and oxygen atoms in total. The van der Waals surface area contributed by atoms with Crippen LogP contribution in [0.4, 0.5) is 0 Å². The van der Waals surface area contributed by atoms with Crippen LogP contribution >= 0.6 is 0 Å². The molecule has 0 aromatic carbocycles. The maximum absolute atomic E-state index is 9.14. The quantitative estimate of drug-likeness (QED) is 0.777. The van der Waals surface area contributed by atoms with E-state index in [2.05, 4.69) is 46.6 Å². The van der Waals surface area contributed by atoms with Crippen LogP contribution in [0.2, 0.25) is 44.8 Å². The molecule has 1 saturated heterocycles. The normalized spacial score (nSPS) is 30.3. The second-order valence-corrected chi connectivity index (χ2v) is 34.7. The molecule has 0 amide bonds. The molecule has 122 valence electrons. The van der Waals surface area contributed by atoms with Gasteiger partial charge in [0, 0.05) is 26.4 Å². The van der Waals surface area contributed by atoms with E-state index in [4.69, 9.17) is 14.6 Å². The summed E-state index contributed by atoms with van der Waals surface area (Å²) in [6, 6.07) is 2.46. The number of hydrogen-bond acceptors (Lipinski definition) is 3. The van der Waals surface area contributed by atoms with Crippen LogP contribution < -0.4 is 0 Å². The third kappa shape index (κ3) is 4.51. The highest BCUT2D eigenvalue weighted by Crippen LogP contribution is 2.45. The lowest BCUT2D eigenvalue weighted by Crippen LogP contribution is -2.78. The lowest BCUT2D eigenvalue weighted by atomic mass is 10.2. The molecular weight excluding hydrogens is 300 g/mol. The van der Waals surface area contributed by atoms with Crippen molar-refractivity contribution in [2.45, 2.75) is 77.6 Å². The molecule has 20 heavy (non-hydrogen) atoms. The van der Waals surface area contributed by atoms with Gasteiger partial charge in [-0.3, -0.25) is 0 Å². The first-order valence-electron chi connectivity index (χ1n) is 7.81. The average molecular weight is 337 g/mol. The number of aliphatic hydroxyl groups excluding tert-OH is 2. The van der Waals surface area contributed by atoms with Gasteiger partial charge in [0.1, 0.15) is 0 Å². The van der Waals surface area contributed by atoms with Crippen LogP contribution in [-0.4, -0.2) is 51.6 Å². The Labute approximate surface area is 128 Å². The average Bonchev–Trinajstić information content (AvgIpc) is 2.23. The Balaban J connectivity index is 0.00000110. The fourth-order valence-electron chi connectivity index (χ4n) is 3.55. The number of aliphatic hydroxyl groups is 2. The van der Waals surface area contributed by atoms with Crippen molar-refractivity contribution in [1.29, 1.82) is 0 Å². The van der Waals surface area contributed by atoms with Gasteiger partial charge in [-0.05, 0) is 45.8 Å². The molecule has 1 aliphatic heterocycles. The Morgan fingerprint density at radius 1 is 1.05 bits per heavy atom. The summed E-state index contributed by atoms with van der Waals surface area (Å²) in [7, 11) is -4.01. The van der Waals surface area contributed by atoms with Gasteiger partial charge in [-0.1, -0.05) is 26.2 Å². The van der Waals surface area contributed by atoms with Crippen molar-refractivity contribution in [3.63, 3.8) is 0 Å². The minimum Gasteiger partial charge on any atom is -0.415 e. The van der Waals surface area contributed by atoms with Gasteiger partial charge in [-0.15, -0.1) is 0 Å². The van der Waals surface area contributed by atoms with Crippen LogP contribution in [0.5, 0.6) is 0 Å². The third-order valence-corrected chi connectivity index (χ3v) is 45.8. The van der Waals surface area contributed by atoms with Gasteiger partial charge in [0.15, 0.2) is 7.83 Å². The van der Waals surface area contributed by atoms with E-state index in [0.717, 1.165) is 12.5 Å². The molecule has 1 rings (SSSR count). The summed E-state index contributed by atoms with van der Waals surface area (Å²) in [4.78, 5) is 0. The third-order valence-electron chi connectivity index (χ3n) is 5.20. The van der Waals surface area contributed by atoms with Gasteiger partial charge in [0.2, 0.25) is 0 Å². The molecule has 2 N–H and O–H groups in total. The summed E-state index contributed by atoms with van der Waals surface area (Å²) < 4.78 is 6.64. The van der Waals surface area contributed by atoms with Crippen molar-refractivity contribution in [3.05, 3.63) is 0 Å². The van der Waals surface area contributed by atoms with Crippen molar-refractivity contribution in [2.75, 3.05) is 13.2 Å². The molecule has 0 spiro atoms. The molecule has 1 aliphatic rings. The molecule has 6 heteroatoms. The second-order valence-electron chi connectivity index (χ2n) is 7.92. The topological polar surface area (TPSA) is 49.7 Å². The van der Waals surface area contributed by atoms with Crippen LogP contribution in [0.3, 0.4) is 0 Å².